The number of aromatic nitrogens is 1. The summed E-state index contributed by atoms with van der Waals surface area (Å²) in [5, 5.41) is 17.3. The van der Waals surface area contributed by atoms with Gasteiger partial charge >= 0.3 is 5.97 Å². The Hall–Kier alpha value is -1.18. The zero-order valence-electron chi connectivity index (χ0n) is 7.81. The largest absolute Gasteiger partial charge is 0.375 e. The van der Waals surface area contributed by atoms with Gasteiger partial charge in [0.1, 0.15) is 0 Å². The topological polar surface area (TPSA) is 117 Å². The predicted octanol–water partition coefficient (Wildman–Crippen LogP) is 1.05. The molecular weight excluding hydrogens is 277 g/mol. The summed E-state index contributed by atoms with van der Waals surface area (Å²) in [5.74, 6) is -1.13. The molecule has 1 aromatic rings. The first kappa shape index (κ1) is 17.2. The van der Waals surface area contributed by atoms with Crippen LogP contribution in [0.25, 0.3) is 0 Å². The van der Waals surface area contributed by atoms with Crippen molar-refractivity contribution in [2.24, 2.45) is 0 Å². The minimum atomic E-state index is -1.13. The number of anilines is 1. The second kappa shape index (κ2) is 9.08. The van der Waals surface area contributed by atoms with E-state index in [9.17, 15) is 14.7 Å². The van der Waals surface area contributed by atoms with E-state index in [4.69, 9.17) is 11.1 Å². The third-order valence-corrected chi connectivity index (χ3v) is 1.84. The van der Waals surface area contributed by atoms with Gasteiger partial charge < -0.3 is 11.1 Å². The molecule has 0 amide bonds. The smallest absolute Gasteiger partial charge is 0.361 e. The fraction of sp³-hybridized carbons (Fsp3) is 0.143. The van der Waals surface area contributed by atoms with Crippen LogP contribution in [-0.4, -0.2) is 22.4 Å². The molecule has 0 saturated heterocycles. The maximum absolute atomic E-state index is 9.99. The number of hydrogen-bond acceptors (Lipinski definition) is 6. The first-order chi connectivity index (χ1) is 6.95. The molecule has 89 valence electrons. The van der Waals surface area contributed by atoms with E-state index in [0.717, 1.165) is 0 Å². The maximum atomic E-state index is 9.99. The molecule has 16 heavy (non-hydrogen) atoms. The number of rotatable bonds is 3. The SMILES string of the molecule is Cl.N=CC(=O)Cl.Nc1nc(CC([O])=O)cs1. The van der Waals surface area contributed by atoms with Crippen molar-refractivity contribution in [2.45, 2.75) is 6.42 Å². The summed E-state index contributed by atoms with van der Waals surface area (Å²) >= 11 is 5.80. The van der Waals surface area contributed by atoms with E-state index in [1.165, 1.54) is 11.3 Å². The van der Waals surface area contributed by atoms with Crippen LogP contribution in [0, 0.1) is 5.41 Å². The molecule has 0 saturated carbocycles. The van der Waals surface area contributed by atoms with Gasteiger partial charge in [-0.15, -0.1) is 23.7 Å². The van der Waals surface area contributed by atoms with Gasteiger partial charge in [-0.3, -0.25) is 4.79 Å². The molecule has 0 aromatic carbocycles. The lowest BCUT2D eigenvalue weighted by Crippen LogP contribution is -1.98. The Morgan fingerprint density at radius 3 is 2.38 bits per heavy atom. The highest BCUT2D eigenvalue weighted by molar-refractivity contribution is 7.13. The second-order valence-electron chi connectivity index (χ2n) is 2.17. The molecule has 1 heterocycles. The number of nitrogens with one attached hydrogen (secondary N) is 1. The van der Waals surface area contributed by atoms with Crippen molar-refractivity contribution in [2.75, 3.05) is 5.73 Å². The van der Waals surface area contributed by atoms with E-state index in [0.29, 0.717) is 17.0 Å². The molecule has 0 unspecified atom stereocenters. The fourth-order valence-electron chi connectivity index (χ4n) is 0.552. The van der Waals surface area contributed by atoms with Crippen molar-refractivity contribution < 1.29 is 14.7 Å². The van der Waals surface area contributed by atoms with Gasteiger partial charge in [0.25, 0.3) is 5.24 Å². The highest BCUT2D eigenvalue weighted by Crippen LogP contribution is 2.10. The van der Waals surface area contributed by atoms with Crippen LogP contribution < -0.4 is 5.73 Å². The fourth-order valence-corrected chi connectivity index (χ4v) is 1.11. The normalized spacial score (nSPS) is 8.06. The van der Waals surface area contributed by atoms with Crippen LogP contribution in [0.1, 0.15) is 5.69 Å². The molecule has 1 rings (SSSR count). The number of thiazole rings is 1. The van der Waals surface area contributed by atoms with Crippen molar-refractivity contribution in [3.63, 3.8) is 0 Å². The number of carbonyl (C=O) groups is 2. The van der Waals surface area contributed by atoms with Crippen LogP contribution in [-0.2, 0) is 21.1 Å². The summed E-state index contributed by atoms with van der Waals surface area (Å²) in [5.41, 5.74) is 5.71. The Balaban J connectivity index is 0. The molecular formula is C7H8Cl2N3O3S. The first-order valence-corrected chi connectivity index (χ1v) is 4.81. The van der Waals surface area contributed by atoms with Crippen molar-refractivity contribution in [3.8, 4) is 0 Å². The molecule has 0 aliphatic carbocycles. The van der Waals surface area contributed by atoms with Crippen LogP contribution in [0.2, 0.25) is 0 Å². The zero-order valence-corrected chi connectivity index (χ0v) is 10.2. The molecule has 0 aliphatic heterocycles. The highest BCUT2D eigenvalue weighted by Gasteiger charge is 2.04. The molecule has 0 spiro atoms. The Kier molecular flexibility index (Phi) is 9.77. The lowest BCUT2D eigenvalue weighted by molar-refractivity contribution is -0.142. The van der Waals surface area contributed by atoms with E-state index >= 15 is 0 Å². The molecule has 0 atom stereocenters. The number of carbonyl (C=O) groups excluding carboxylic acids is 2. The Bertz CT molecular complexity index is 370. The van der Waals surface area contributed by atoms with Crippen LogP contribution in [0.3, 0.4) is 0 Å². The van der Waals surface area contributed by atoms with Crippen LogP contribution >= 0.6 is 35.3 Å². The van der Waals surface area contributed by atoms with Crippen molar-refractivity contribution >= 4 is 57.9 Å². The van der Waals surface area contributed by atoms with Crippen LogP contribution in [0.15, 0.2) is 5.38 Å². The summed E-state index contributed by atoms with van der Waals surface area (Å²) < 4.78 is 0. The van der Waals surface area contributed by atoms with Gasteiger partial charge in [0.2, 0.25) is 0 Å². The molecule has 0 fully saturated rings. The lowest BCUT2D eigenvalue weighted by atomic mass is 10.3. The Labute approximate surface area is 106 Å². The Morgan fingerprint density at radius 1 is 1.62 bits per heavy atom. The van der Waals surface area contributed by atoms with Crippen molar-refractivity contribution in [3.05, 3.63) is 11.1 Å². The molecule has 0 bridgehead atoms. The summed E-state index contributed by atoms with van der Waals surface area (Å²) in [6.45, 7) is 0. The third kappa shape index (κ3) is 9.38. The number of nitrogen functional groups attached to an aromatic ring is 1. The number of nitrogens with two attached hydrogens (primary N) is 1. The van der Waals surface area contributed by atoms with E-state index in [-0.39, 0.29) is 18.8 Å². The predicted molar refractivity (Wildman–Crippen MR) is 62.8 cm³/mol. The van der Waals surface area contributed by atoms with Gasteiger partial charge in [0, 0.05) is 5.38 Å². The number of hydrogen-bond donors (Lipinski definition) is 2. The number of nitrogens with zero attached hydrogens (tertiary/aromatic N) is 1. The molecule has 6 nitrogen and oxygen atoms in total. The van der Waals surface area contributed by atoms with Gasteiger partial charge in [-0.2, -0.15) is 0 Å². The quantitative estimate of drug-likeness (QED) is 0.637. The second-order valence-corrected chi connectivity index (χ2v) is 3.44. The van der Waals surface area contributed by atoms with Crippen molar-refractivity contribution in [1.29, 1.82) is 5.41 Å². The minimum absolute atomic E-state index is 0. The van der Waals surface area contributed by atoms with Gasteiger partial charge in [-0.05, 0) is 11.6 Å². The number of halogens is 2. The van der Waals surface area contributed by atoms with Crippen LogP contribution in [0.4, 0.5) is 5.13 Å². The molecule has 9 heteroatoms. The Morgan fingerprint density at radius 2 is 2.12 bits per heavy atom. The summed E-state index contributed by atoms with van der Waals surface area (Å²) in [4.78, 5) is 23.1. The van der Waals surface area contributed by atoms with Crippen LogP contribution in [0.5, 0.6) is 0 Å². The summed E-state index contributed by atoms with van der Waals surface area (Å²) in [6.07, 6.45) is 0.384. The first-order valence-electron chi connectivity index (χ1n) is 3.55. The van der Waals surface area contributed by atoms with E-state index in [2.05, 4.69) is 16.6 Å². The van der Waals surface area contributed by atoms with E-state index < -0.39 is 11.2 Å². The average Bonchev–Trinajstić information content (AvgIpc) is 2.51. The monoisotopic (exact) mass is 284 g/mol. The van der Waals surface area contributed by atoms with Crippen molar-refractivity contribution in [1.82, 2.24) is 4.98 Å². The highest BCUT2D eigenvalue weighted by atomic mass is 35.5. The van der Waals surface area contributed by atoms with Gasteiger partial charge in [0.15, 0.2) is 5.13 Å². The molecule has 3 N–H and O–H groups in total. The standard InChI is InChI=1S/C5H5N2O2S.C2H2ClNO.ClH/c6-5-7-3(2-10-5)1-4(8)9;3-2(5)1-4;/h2H,1H2,(H2,6,7);1,4H;1H. The molecule has 0 aliphatic rings. The molecule has 1 aromatic heterocycles. The maximum Gasteiger partial charge on any atom is 0.361 e. The van der Waals surface area contributed by atoms with E-state index in [1.54, 1.807) is 5.38 Å². The summed E-state index contributed by atoms with van der Waals surface area (Å²) in [7, 11) is 0. The molecule has 1 radical (unpaired) electrons. The summed E-state index contributed by atoms with van der Waals surface area (Å²) in [6, 6.07) is 0. The minimum Gasteiger partial charge on any atom is -0.375 e. The van der Waals surface area contributed by atoms with Gasteiger partial charge in [0.05, 0.1) is 18.3 Å². The zero-order chi connectivity index (χ0) is 11.8. The van der Waals surface area contributed by atoms with E-state index in [1.807, 2.05) is 0 Å². The lowest BCUT2D eigenvalue weighted by Gasteiger charge is -1.82. The van der Waals surface area contributed by atoms with Gasteiger partial charge in [-0.25, -0.2) is 14.9 Å². The average molecular weight is 285 g/mol. The third-order valence-electron chi connectivity index (χ3n) is 1.01. The van der Waals surface area contributed by atoms with Gasteiger partial charge in [-0.1, -0.05) is 0 Å².